The molecule has 2 aromatic carbocycles. The summed E-state index contributed by atoms with van der Waals surface area (Å²) in [7, 11) is 0. The van der Waals surface area contributed by atoms with Crippen molar-refractivity contribution in [3.63, 3.8) is 0 Å². The minimum absolute atomic E-state index is 0.0742. The van der Waals surface area contributed by atoms with E-state index >= 15 is 0 Å². The lowest BCUT2D eigenvalue weighted by Gasteiger charge is -2.09. The molecule has 4 rings (SSSR count). The third kappa shape index (κ3) is 2.18. The molecule has 2 N–H and O–H groups in total. The van der Waals surface area contributed by atoms with Crippen LogP contribution in [0.3, 0.4) is 0 Å². The first-order valence-electron chi connectivity index (χ1n) is 7.33. The van der Waals surface area contributed by atoms with Crippen molar-refractivity contribution < 1.29 is 19.1 Å². The van der Waals surface area contributed by atoms with Crippen LogP contribution in [0.25, 0.3) is 16.6 Å². The monoisotopic (exact) mass is 339 g/mol. The molecule has 124 valence electrons. The third-order valence-electron chi connectivity index (χ3n) is 4.06. The van der Waals surface area contributed by atoms with Crippen LogP contribution in [0.5, 0.6) is 0 Å². The van der Waals surface area contributed by atoms with Crippen molar-refractivity contribution in [2.24, 2.45) is 0 Å². The van der Waals surface area contributed by atoms with E-state index < -0.39 is 23.3 Å². The van der Waals surface area contributed by atoms with Crippen LogP contribution in [0.4, 0.5) is 9.18 Å². The van der Waals surface area contributed by atoms with Gasteiger partial charge in [-0.3, -0.25) is 14.2 Å². The van der Waals surface area contributed by atoms with Crippen molar-refractivity contribution in [3.8, 4) is 5.69 Å². The van der Waals surface area contributed by atoms with Crippen LogP contribution in [0.15, 0.2) is 41.2 Å². The number of hydrogen-bond acceptors (Lipinski definition) is 4. The predicted molar refractivity (Wildman–Crippen MR) is 85.6 cm³/mol. The Labute approximate surface area is 139 Å². The average molecular weight is 339 g/mol. The summed E-state index contributed by atoms with van der Waals surface area (Å²) < 4.78 is 14.6. The number of aromatic nitrogens is 2. The average Bonchev–Trinajstić information content (AvgIpc) is 2.85. The van der Waals surface area contributed by atoms with Gasteiger partial charge >= 0.3 is 6.09 Å². The molecule has 1 aliphatic rings. The van der Waals surface area contributed by atoms with E-state index in [-0.39, 0.29) is 34.5 Å². The van der Waals surface area contributed by atoms with Gasteiger partial charge < -0.3 is 10.4 Å². The summed E-state index contributed by atoms with van der Waals surface area (Å²) >= 11 is 0. The molecule has 0 saturated heterocycles. The first-order chi connectivity index (χ1) is 12.0. The molecule has 25 heavy (non-hydrogen) atoms. The quantitative estimate of drug-likeness (QED) is 0.580. The summed E-state index contributed by atoms with van der Waals surface area (Å²) in [5.74, 6) is -1.19. The molecule has 0 fully saturated rings. The van der Waals surface area contributed by atoms with Gasteiger partial charge in [-0.25, -0.2) is 14.2 Å². The number of carbonyl (C=O) groups is 2. The summed E-state index contributed by atoms with van der Waals surface area (Å²) in [4.78, 5) is 40.4. The van der Waals surface area contributed by atoms with E-state index in [2.05, 4.69) is 10.3 Å². The molecule has 0 unspecified atom stereocenters. The number of nitrogens with one attached hydrogen (secondary N) is 1. The topological polar surface area (TPSA) is 101 Å². The zero-order chi connectivity index (χ0) is 17.7. The lowest BCUT2D eigenvalue weighted by molar-refractivity contribution is 0.103. The van der Waals surface area contributed by atoms with Gasteiger partial charge in [0.2, 0.25) is 5.78 Å². The molecule has 0 atom stereocenters. The predicted octanol–water partition coefficient (Wildman–Crippen LogP) is 1.84. The summed E-state index contributed by atoms with van der Waals surface area (Å²) in [5, 5.41) is 11.2. The molecule has 0 bridgehead atoms. The molecule has 1 amide bonds. The van der Waals surface area contributed by atoms with Gasteiger partial charge in [-0.05, 0) is 29.8 Å². The van der Waals surface area contributed by atoms with Gasteiger partial charge in [0.05, 0.1) is 22.2 Å². The zero-order valence-corrected chi connectivity index (χ0v) is 12.6. The van der Waals surface area contributed by atoms with Gasteiger partial charge in [0, 0.05) is 6.54 Å². The Morgan fingerprint density at radius 3 is 2.80 bits per heavy atom. The van der Waals surface area contributed by atoms with Crippen LogP contribution in [-0.4, -0.2) is 26.5 Å². The summed E-state index contributed by atoms with van der Waals surface area (Å²) in [6.45, 7) is -0.0762. The molecule has 7 nitrogen and oxygen atoms in total. The van der Waals surface area contributed by atoms with Crippen molar-refractivity contribution >= 4 is 22.8 Å². The fourth-order valence-corrected chi connectivity index (χ4v) is 3.00. The second-order valence-electron chi connectivity index (χ2n) is 5.54. The molecule has 3 aromatic rings. The van der Waals surface area contributed by atoms with Crippen LogP contribution >= 0.6 is 0 Å². The lowest BCUT2D eigenvalue weighted by atomic mass is 10.1. The second kappa shape index (κ2) is 5.23. The number of hydrogen-bond donors (Lipinski definition) is 2. The van der Waals surface area contributed by atoms with E-state index in [9.17, 15) is 18.8 Å². The Morgan fingerprint density at radius 2 is 2.04 bits per heavy atom. The maximum Gasteiger partial charge on any atom is 0.404 e. The summed E-state index contributed by atoms with van der Waals surface area (Å²) in [5.41, 5.74) is 0.562. The highest BCUT2D eigenvalue weighted by molar-refractivity contribution is 6.13. The number of carboxylic acid groups (broad SMARTS) is 1. The van der Waals surface area contributed by atoms with Crippen LogP contribution in [0.2, 0.25) is 0 Å². The molecular weight excluding hydrogens is 329 g/mol. The standard InChI is InChI=1S/C17H10FN3O4/c18-9-4-5-12-10(6-9)14(22)15-20-11-3-1-2-8(7-19-17(24)25)13(11)16(23)21(12)15/h1-6,19H,7H2,(H,24,25). The molecular formula is C17H10FN3O4. The van der Waals surface area contributed by atoms with Crippen molar-refractivity contribution in [2.75, 3.05) is 0 Å². The van der Waals surface area contributed by atoms with E-state index in [1.54, 1.807) is 18.2 Å². The highest BCUT2D eigenvalue weighted by Gasteiger charge is 2.31. The second-order valence-corrected chi connectivity index (χ2v) is 5.54. The maximum absolute atomic E-state index is 13.5. The number of nitrogens with zero attached hydrogens (tertiary/aromatic N) is 2. The number of benzene rings is 2. The summed E-state index contributed by atoms with van der Waals surface area (Å²) in [6, 6.07) is 8.39. The largest absolute Gasteiger partial charge is 0.465 e. The smallest absolute Gasteiger partial charge is 0.404 e. The molecule has 2 heterocycles. The Hall–Kier alpha value is -3.55. The molecule has 0 saturated carbocycles. The number of carbonyl (C=O) groups excluding carboxylic acids is 1. The van der Waals surface area contributed by atoms with E-state index in [1.807, 2.05) is 0 Å². The molecule has 0 spiro atoms. The first-order valence-corrected chi connectivity index (χ1v) is 7.33. The summed E-state index contributed by atoms with van der Waals surface area (Å²) in [6.07, 6.45) is -1.22. The van der Waals surface area contributed by atoms with E-state index in [0.717, 1.165) is 16.7 Å². The molecule has 1 aliphatic heterocycles. The molecule has 0 aliphatic carbocycles. The lowest BCUT2D eigenvalue weighted by Crippen LogP contribution is -2.25. The maximum atomic E-state index is 13.5. The van der Waals surface area contributed by atoms with Crippen LogP contribution in [-0.2, 0) is 6.54 Å². The fourth-order valence-electron chi connectivity index (χ4n) is 3.00. The zero-order valence-electron chi connectivity index (χ0n) is 12.6. The normalized spacial score (nSPS) is 12.1. The number of halogens is 1. The first kappa shape index (κ1) is 15.0. The number of rotatable bonds is 2. The van der Waals surface area contributed by atoms with Gasteiger partial charge in [-0.15, -0.1) is 0 Å². The van der Waals surface area contributed by atoms with Crippen molar-refractivity contribution in [3.05, 3.63) is 69.5 Å². The van der Waals surface area contributed by atoms with Crippen LogP contribution < -0.4 is 10.9 Å². The minimum Gasteiger partial charge on any atom is -0.465 e. The highest BCUT2D eigenvalue weighted by atomic mass is 19.1. The third-order valence-corrected chi connectivity index (χ3v) is 4.06. The van der Waals surface area contributed by atoms with E-state index in [0.29, 0.717) is 5.56 Å². The Balaban J connectivity index is 2.02. The van der Waals surface area contributed by atoms with Gasteiger partial charge in [-0.1, -0.05) is 12.1 Å². The Morgan fingerprint density at radius 1 is 1.24 bits per heavy atom. The number of ketones is 1. The van der Waals surface area contributed by atoms with E-state index in [1.165, 1.54) is 6.07 Å². The minimum atomic E-state index is -1.22. The van der Waals surface area contributed by atoms with Crippen molar-refractivity contribution in [1.29, 1.82) is 0 Å². The van der Waals surface area contributed by atoms with Crippen molar-refractivity contribution in [2.45, 2.75) is 6.54 Å². The number of amides is 1. The molecule has 8 heteroatoms. The Bertz CT molecular complexity index is 1140. The van der Waals surface area contributed by atoms with E-state index in [4.69, 9.17) is 5.11 Å². The number of fused-ring (bicyclic) bond motifs is 4. The highest BCUT2D eigenvalue weighted by Crippen LogP contribution is 2.27. The molecule has 1 aromatic heterocycles. The van der Waals surface area contributed by atoms with Gasteiger partial charge in [0.15, 0.2) is 5.82 Å². The SMILES string of the molecule is O=C(O)NCc1cccc2nc3n(c(=O)c12)-c1ccc(F)cc1C3=O. The van der Waals surface area contributed by atoms with Gasteiger partial charge in [0.1, 0.15) is 5.82 Å². The van der Waals surface area contributed by atoms with Gasteiger partial charge in [0.25, 0.3) is 5.56 Å². The molecule has 0 radical (unpaired) electrons. The van der Waals surface area contributed by atoms with Crippen LogP contribution in [0.1, 0.15) is 21.7 Å². The fraction of sp³-hybridized carbons (Fsp3) is 0.0588. The van der Waals surface area contributed by atoms with Gasteiger partial charge in [-0.2, -0.15) is 0 Å². The van der Waals surface area contributed by atoms with Crippen LogP contribution in [0, 0.1) is 5.82 Å². The Kier molecular flexibility index (Phi) is 3.14. The van der Waals surface area contributed by atoms with Crippen molar-refractivity contribution in [1.82, 2.24) is 14.9 Å².